The van der Waals surface area contributed by atoms with E-state index in [9.17, 15) is 19.8 Å². The van der Waals surface area contributed by atoms with Gasteiger partial charge >= 0.3 is 12.3 Å². The second-order valence-corrected chi connectivity index (χ2v) is 15.6. The Hall–Kier alpha value is -5.06. The van der Waals surface area contributed by atoms with Gasteiger partial charge in [-0.15, -0.1) is 0 Å². The van der Waals surface area contributed by atoms with Crippen molar-refractivity contribution in [1.82, 2.24) is 0 Å². The predicted molar refractivity (Wildman–Crippen MR) is 228 cm³/mol. The van der Waals surface area contributed by atoms with Gasteiger partial charge in [-0.25, -0.2) is 9.59 Å². The standard InChI is InChI=1S/C25H32O5.C24H30O5/c1-3-4-5-18-29-24(26)30-23-14-16-25(27,17-15-23)21-10-6-19(7-11-21)20-8-12-22(28-2)13-9-20;1-3-4-17-28-23(25)29-22-13-15-24(26,16-14-22)20-9-5-18(6-10-20)19-7-11-21(27-2)12-8-19/h6-13,23,27H,3-5,14-18H2,1-2H3;5-12,22,26H,3-4,13-17H2,1-2H3. The molecule has 59 heavy (non-hydrogen) atoms. The van der Waals surface area contributed by atoms with Gasteiger partial charge in [0.1, 0.15) is 23.7 Å². The van der Waals surface area contributed by atoms with E-state index in [2.05, 4.69) is 6.92 Å². The molecular weight excluding hydrogens is 749 g/mol. The van der Waals surface area contributed by atoms with E-state index in [1.165, 1.54) is 0 Å². The van der Waals surface area contributed by atoms with Crippen LogP contribution in [0.15, 0.2) is 97.1 Å². The van der Waals surface area contributed by atoms with E-state index in [4.69, 9.17) is 28.4 Å². The third-order valence-electron chi connectivity index (χ3n) is 11.4. The molecule has 2 fully saturated rings. The van der Waals surface area contributed by atoms with Crippen molar-refractivity contribution in [2.45, 2.75) is 121 Å². The molecule has 0 atom stereocenters. The molecule has 0 heterocycles. The molecule has 2 aliphatic carbocycles. The molecule has 10 heteroatoms. The van der Waals surface area contributed by atoms with E-state index in [1.807, 2.05) is 104 Å². The first-order valence-corrected chi connectivity index (χ1v) is 21.2. The first kappa shape index (κ1) is 45.0. The molecule has 4 aromatic rings. The molecule has 318 valence electrons. The van der Waals surface area contributed by atoms with Crippen molar-refractivity contribution in [3.63, 3.8) is 0 Å². The smallest absolute Gasteiger partial charge is 0.497 e. The van der Waals surface area contributed by atoms with E-state index < -0.39 is 23.5 Å². The zero-order valence-corrected chi connectivity index (χ0v) is 35.2. The second-order valence-electron chi connectivity index (χ2n) is 15.6. The summed E-state index contributed by atoms with van der Waals surface area (Å²) in [5.41, 5.74) is 4.42. The summed E-state index contributed by atoms with van der Waals surface area (Å²) in [5, 5.41) is 22.2. The number of rotatable bonds is 15. The largest absolute Gasteiger partial charge is 0.508 e. The lowest BCUT2D eigenvalue weighted by Crippen LogP contribution is -2.35. The number of carbonyl (C=O) groups is 2. The number of benzene rings is 4. The zero-order chi connectivity index (χ0) is 42.1. The van der Waals surface area contributed by atoms with Gasteiger partial charge in [-0.2, -0.15) is 0 Å². The Balaban J connectivity index is 0.000000224. The highest BCUT2D eigenvalue weighted by atomic mass is 16.7. The van der Waals surface area contributed by atoms with Gasteiger partial charge in [0.2, 0.25) is 0 Å². The van der Waals surface area contributed by atoms with Gasteiger partial charge in [-0.1, -0.05) is 106 Å². The summed E-state index contributed by atoms with van der Waals surface area (Å²) in [6.45, 7) is 4.95. The van der Waals surface area contributed by atoms with Crippen LogP contribution in [-0.2, 0) is 30.1 Å². The Morgan fingerprint density at radius 3 is 1.15 bits per heavy atom. The highest BCUT2D eigenvalue weighted by Crippen LogP contribution is 2.40. The maximum absolute atomic E-state index is 11.8. The number of hydrogen-bond donors (Lipinski definition) is 2. The summed E-state index contributed by atoms with van der Waals surface area (Å²) in [6.07, 6.45) is 7.96. The van der Waals surface area contributed by atoms with E-state index in [-0.39, 0.29) is 12.2 Å². The average molecular weight is 811 g/mol. The number of carbonyl (C=O) groups excluding carboxylic acids is 2. The highest BCUT2D eigenvalue weighted by Gasteiger charge is 2.37. The van der Waals surface area contributed by atoms with Gasteiger partial charge in [0.25, 0.3) is 0 Å². The maximum Gasteiger partial charge on any atom is 0.508 e. The van der Waals surface area contributed by atoms with E-state index >= 15 is 0 Å². The fourth-order valence-electron chi connectivity index (χ4n) is 7.61. The Labute approximate surface area is 349 Å². The normalized spacial score (nSPS) is 21.3. The number of methoxy groups -OCH3 is 2. The summed E-state index contributed by atoms with van der Waals surface area (Å²) >= 11 is 0. The summed E-state index contributed by atoms with van der Waals surface area (Å²) < 4.78 is 31.4. The quantitative estimate of drug-likeness (QED) is 0.0884. The Bertz CT molecular complexity index is 1840. The van der Waals surface area contributed by atoms with Crippen molar-refractivity contribution >= 4 is 12.3 Å². The second kappa shape index (κ2) is 22.3. The van der Waals surface area contributed by atoms with Crippen molar-refractivity contribution in [3.8, 4) is 33.8 Å². The number of unbranched alkanes of at least 4 members (excludes halogenated alkanes) is 3. The first-order chi connectivity index (χ1) is 28.6. The number of hydrogen-bond acceptors (Lipinski definition) is 10. The van der Waals surface area contributed by atoms with Crippen LogP contribution >= 0.6 is 0 Å². The van der Waals surface area contributed by atoms with Gasteiger partial charge in [-0.05, 0) is 122 Å². The lowest BCUT2D eigenvalue weighted by molar-refractivity contribution is -0.0538. The predicted octanol–water partition coefficient (Wildman–Crippen LogP) is 11.3. The van der Waals surface area contributed by atoms with E-state index in [1.54, 1.807) is 14.2 Å². The topological polar surface area (TPSA) is 130 Å². The first-order valence-electron chi connectivity index (χ1n) is 21.2. The minimum Gasteiger partial charge on any atom is -0.497 e. The van der Waals surface area contributed by atoms with Crippen LogP contribution in [0.25, 0.3) is 22.3 Å². The summed E-state index contributed by atoms with van der Waals surface area (Å²) in [4.78, 5) is 23.5. The fraction of sp³-hybridized carbons (Fsp3) is 0.469. The molecule has 0 bridgehead atoms. The molecule has 0 spiro atoms. The van der Waals surface area contributed by atoms with Crippen molar-refractivity contribution < 1.29 is 48.2 Å². The van der Waals surface area contributed by atoms with Gasteiger partial charge in [0.15, 0.2) is 0 Å². The zero-order valence-electron chi connectivity index (χ0n) is 35.2. The highest BCUT2D eigenvalue weighted by molar-refractivity contribution is 5.66. The monoisotopic (exact) mass is 810 g/mol. The summed E-state index contributed by atoms with van der Waals surface area (Å²) in [5.74, 6) is 1.65. The average Bonchev–Trinajstić information content (AvgIpc) is 3.27. The van der Waals surface area contributed by atoms with Crippen LogP contribution in [0.3, 0.4) is 0 Å². The van der Waals surface area contributed by atoms with Gasteiger partial charge in [0.05, 0.1) is 38.6 Å². The van der Waals surface area contributed by atoms with Gasteiger partial charge < -0.3 is 38.6 Å². The molecule has 0 unspecified atom stereocenters. The molecule has 0 amide bonds. The molecule has 0 aliphatic heterocycles. The summed E-state index contributed by atoms with van der Waals surface area (Å²) in [6, 6.07) is 31.9. The third kappa shape index (κ3) is 13.2. The molecule has 2 aliphatic rings. The molecule has 0 radical (unpaired) electrons. The fourth-order valence-corrected chi connectivity index (χ4v) is 7.61. The molecular formula is C49H62O10. The van der Waals surface area contributed by atoms with Crippen molar-refractivity contribution in [2.75, 3.05) is 27.4 Å². The Kier molecular flexibility index (Phi) is 17.1. The molecule has 2 N–H and O–H groups in total. The lowest BCUT2D eigenvalue weighted by atomic mass is 9.78. The number of ether oxygens (including phenoxy) is 6. The van der Waals surface area contributed by atoms with Crippen LogP contribution in [-0.4, -0.2) is 62.2 Å². The van der Waals surface area contributed by atoms with Crippen LogP contribution in [0.5, 0.6) is 11.5 Å². The Morgan fingerprint density at radius 2 is 0.831 bits per heavy atom. The molecule has 10 nitrogen and oxygen atoms in total. The Morgan fingerprint density at radius 1 is 0.508 bits per heavy atom. The lowest BCUT2D eigenvalue weighted by Gasteiger charge is -2.36. The molecule has 0 saturated heterocycles. The van der Waals surface area contributed by atoms with Crippen molar-refractivity contribution in [2.24, 2.45) is 0 Å². The van der Waals surface area contributed by atoms with Gasteiger partial charge in [0, 0.05) is 0 Å². The molecule has 2 saturated carbocycles. The number of aliphatic hydroxyl groups is 2. The SMILES string of the molecule is CCCCCOC(=O)OC1CCC(O)(c2ccc(-c3ccc(OC)cc3)cc2)CC1.CCCCOC(=O)OC1CCC(O)(c2ccc(-c3ccc(OC)cc3)cc2)CC1. The minimum atomic E-state index is -0.886. The molecule has 4 aromatic carbocycles. The van der Waals surface area contributed by atoms with Crippen LogP contribution in [0.4, 0.5) is 9.59 Å². The molecule has 0 aromatic heterocycles. The van der Waals surface area contributed by atoms with Crippen molar-refractivity contribution in [1.29, 1.82) is 0 Å². The van der Waals surface area contributed by atoms with Crippen LogP contribution in [0.2, 0.25) is 0 Å². The van der Waals surface area contributed by atoms with Crippen LogP contribution < -0.4 is 9.47 Å². The van der Waals surface area contributed by atoms with E-state index in [0.717, 1.165) is 77.0 Å². The maximum atomic E-state index is 11.8. The van der Waals surface area contributed by atoms with E-state index in [0.29, 0.717) is 64.6 Å². The third-order valence-corrected chi connectivity index (χ3v) is 11.4. The van der Waals surface area contributed by atoms with Gasteiger partial charge in [-0.3, -0.25) is 0 Å². The van der Waals surface area contributed by atoms with Crippen LogP contribution in [0.1, 0.15) is 108 Å². The summed E-state index contributed by atoms with van der Waals surface area (Å²) in [7, 11) is 3.31. The molecule has 6 rings (SSSR count). The van der Waals surface area contributed by atoms with Crippen LogP contribution in [0, 0.1) is 0 Å². The van der Waals surface area contributed by atoms with Crippen molar-refractivity contribution in [3.05, 3.63) is 108 Å². The minimum absolute atomic E-state index is 0.192.